The molecule has 1 aromatic carbocycles. The van der Waals surface area contributed by atoms with Gasteiger partial charge in [-0.25, -0.2) is 14.4 Å². The number of rotatable bonds is 9. The highest BCUT2D eigenvalue weighted by Gasteiger charge is 2.10. The monoisotopic (exact) mass is 359 g/mol. The van der Waals surface area contributed by atoms with Gasteiger partial charge in [0.1, 0.15) is 11.5 Å². The molecule has 2 rings (SSSR count). The Bertz CT molecular complexity index is 736. The van der Waals surface area contributed by atoms with Crippen LogP contribution in [-0.4, -0.2) is 54.5 Å². The van der Waals surface area contributed by atoms with Crippen molar-refractivity contribution in [2.24, 2.45) is 0 Å². The average molecular weight is 359 g/mol. The van der Waals surface area contributed by atoms with Crippen molar-refractivity contribution in [1.29, 1.82) is 0 Å². The minimum absolute atomic E-state index is 0.216. The molecule has 0 bridgehead atoms. The van der Waals surface area contributed by atoms with E-state index in [1.165, 1.54) is 6.07 Å². The maximum absolute atomic E-state index is 13.6. The van der Waals surface area contributed by atoms with E-state index < -0.39 is 0 Å². The fraction of sp³-hybridized carbons (Fsp3) is 0.421. The van der Waals surface area contributed by atoms with Gasteiger partial charge in [0.15, 0.2) is 0 Å². The maximum atomic E-state index is 13.6. The predicted octanol–water partition coefficient (Wildman–Crippen LogP) is 2.26. The molecule has 0 unspecified atom stereocenters. The number of halogens is 1. The summed E-state index contributed by atoms with van der Waals surface area (Å²) in [7, 11) is 3.99. The molecule has 140 valence electrons. The Labute approximate surface area is 153 Å². The molecule has 0 saturated carbocycles. The highest BCUT2D eigenvalue weighted by molar-refractivity contribution is 5.92. The number of carbonyl (C=O) groups is 1. The molecule has 1 amide bonds. The summed E-state index contributed by atoms with van der Waals surface area (Å²) in [6.07, 6.45) is 1.38. The lowest BCUT2D eigenvalue weighted by atomic mass is 10.1. The summed E-state index contributed by atoms with van der Waals surface area (Å²) in [5.41, 5.74) is 1.66. The number of aryl methyl sites for hydroxylation is 1. The zero-order valence-electron chi connectivity index (χ0n) is 15.6. The first-order valence-electron chi connectivity index (χ1n) is 8.71. The summed E-state index contributed by atoms with van der Waals surface area (Å²) < 4.78 is 13.6. The first-order chi connectivity index (χ1) is 12.5. The van der Waals surface area contributed by atoms with Crippen LogP contribution in [0.2, 0.25) is 0 Å². The fourth-order valence-corrected chi connectivity index (χ4v) is 2.46. The summed E-state index contributed by atoms with van der Waals surface area (Å²) in [5, 5.41) is 5.93. The summed E-state index contributed by atoms with van der Waals surface area (Å²) in [6, 6.07) is 8.32. The first-order valence-corrected chi connectivity index (χ1v) is 8.71. The summed E-state index contributed by atoms with van der Waals surface area (Å²) in [4.78, 5) is 22.9. The largest absolute Gasteiger partial charge is 0.354 e. The smallest absolute Gasteiger partial charge is 0.270 e. The first kappa shape index (κ1) is 19.8. The van der Waals surface area contributed by atoms with E-state index in [2.05, 4.69) is 25.5 Å². The summed E-state index contributed by atoms with van der Waals surface area (Å²) in [5.74, 6) is -0.0663. The third kappa shape index (κ3) is 6.40. The van der Waals surface area contributed by atoms with Crippen molar-refractivity contribution >= 4 is 11.9 Å². The van der Waals surface area contributed by atoms with Crippen molar-refractivity contribution in [1.82, 2.24) is 20.2 Å². The molecule has 0 saturated heterocycles. The van der Waals surface area contributed by atoms with Crippen LogP contribution in [0.1, 0.15) is 28.2 Å². The molecule has 0 aliphatic rings. The van der Waals surface area contributed by atoms with Crippen LogP contribution in [0.3, 0.4) is 0 Å². The third-order valence-corrected chi connectivity index (χ3v) is 3.79. The van der Waals surface area contributed by atoms with Crippen molar-refractivity contribution in [3.63, 3.8) is 0 Å². The molecule has 0 aliphatic carbocycles. The van der Waals surface area contributed by atoms with Gasteiger partial charge in [-0.1, -0.05) is 18.2 Å². The van der Waals surface area contributed by atoms with Gasteiger partial charge in [0.05, 0.1) is 0 Å². The Morgan fingerprint density at radius 2 is 1.96 bits per heavy atom. The second-order valence-electron chi connectivity index (χ2n) is 6.40. The number of nitrogens with zero attached hydrogens (tertiary/aromatic N) is 3. The van der Waals surface area contributed by atoms with Gasteiger partial charge in [0.2, 0.25) is 5.95 Å². The van der Waals surface area contributed by atoms with Gasteiger partial charge in [-0.3, -0.25) is 4.79 Å². The molecule has 26 heavy (non-hydrogen) atoms. The van der Waals surface area contributed by atoms with E-state index >= 15 is 0 Å². The lowest BCUT2D eigenvalue weighted by Crippen LogP contribution is -2.28. The van der Waals surface area contributed by atoms with Crippen molar-refractivity contribution in [3.05, 3.63) is 53.1 Å². The number of hydrogen-bond acceptors (Lipinski definition) is 5. The zero-order chi connectivity index (χ0) is 18.9. The molecule has 2 aromatic rings. The van der Waals surface area contributed by atoms with E-state index in [4.69, 9.17) is 0 Å². The molecule has 0 atom stereocenters. The van der Waals surface area contributed by atoms with Crippen molar-refractivity contribution in [3.8, 4) is 0 Å². The van der Waals surface area contributed by atoms with E-state index in [1.807, 2.05) is 21.0 Å². The standard InChI is InChI=1S/C19H26FN5O/c1-14-13-17(18(26)21-10-6-12-25(2)3)24-19(23-14)22-11-9-15-7-4-5-8-16(15)20/h4-5,7-8,13H,6,9-12H2,1-3H3,(H,21,26)(H,22,23,24). The van der Waals surface area contributed by atoms with E-state index in [-0.39, 0.29) is 11.7 Å². The molecular weight excluding hydrogens is 333 g/mol. The number of amides is 1. The predicted molar refractivity (Wildman–Crippen MR) is 101 cm³/mol. The van der Waals surface area contributed by atoms with Crippen LogP contribution in [0, 0.1) is 12.7 Å². The minimum atomic E-state index is -0.225. The van der Waals surface area contributed by atoms with Crippen LogP contribution in [0.25, 0.3) is 0 Å². The molecule has 6 nitrogen and oxygen atoms in total. The molecule has 1 heterocycles. The minimum Gasteiger partial charge on any atom is -0.354 e. The Hall–Kier alpha value is -2.54. The van der Waals surface area contributed by atoms with Crippen LogP contribution >= 0.6 is 0 Å². The number of carbonyl (C=O) groups excluding carboxylic acids is 1. The van der Waals surface area contributed by atoms with Gasteiger partial charge in [-0.05, 0) is 58.1 Å². The second-order valence-corrected chi connectivity index (χ2v) is 6.40. The molecular formula is C19H26FN5O. The number of aromatic nitrogens is 2. The zero-order valence-corrected chi connectivity index (χ0v) is 15.6. The normalized spacial score (nSPS) is 10.8. The van der Waals surface area contributed by atoms with Crippen molar-refractivity contribution in [2.45, 2.75) is 19.8 Å². The van der Waals surface area contributed by atoms with E-state index in [1.54, 1.807) is 24.3 Å². The topological polar surface area (TPSA) is 70.2 Å². The quantitative estimate of drug-likeness (QED) is 0.672. The number of nitrogens with one attached hydrogen (secondary N) is 2. The van der Waals surface area contributed by atoms with Gasteiger partial charge >= 0.3 is 0 Å². The highest BCUT2D eigenvalue weighted by atomic mass is 19.1. The van der Waals surface area contributed by atoms with Gasteiger partial charge in [0, 0.05) is 18.8 Å². The maximum Gasteiger partial charge on any atom is 0.270 e. The van der Waals surface area contributed by atoms with Gasteiger partial charge < -0.3 is 15.5 Å². The van der Waals surface area contributed by atoms with E-state index in [9.17, 15) is 9.18 Å². The van der Waals surface area contributed by atoms with Crippen LogP contribution in [0.15, 0.2) is 30.3 Å². The number of anilines is 1. The summed E-state index contributed by atoms with van der Waals surface area (Å²) >= 11 is 0. The molecule has 7 heteroatoms. The molecule has 2 N–H and O–H groups in total. The summed E-state index contributed by atoms with van der Waals surface area (Å²) in [6.45, 7) is 3.79. The van der Waals surface area contributed by atoms with Gasteiger partial charge in [0.25, 0.3) is 5.91 Å². The second kappa shape index (κ2) is 9.82. The van der Waals surface area contributed by atoms with Gasteiger partial charge in [-0.15, -0.1) is 0 Å². The molecule has 0 spiro atoms. The Balaban J connectivity index is 1.89. The van der Waals surface area contributed by atoms with Crippen LogP contribution in [0.5, 0.6) is 0 Å². The van der Waals surface area contributed by atoms with E-state index in [0.29, 0.717) is 42.4 Å². The van der Waals surface area contributed by atoms with Crippen LogP contribution in [0.4, 0.5) is 10.3 Å². The molecule has 0 radical (unpaired) electrons. The number of hydrogen-bond donors (Lipinski definition) is 2. The highest BCUT2D eigenvalue weighted by Crippen LogP contribution is 2.09. The van der Waals surface area contributed by atoms with Crippen molar-refractivity contribution < 1.29 is 9.18 Å². The third-order valence-electron chi connectivity index (χ3n) is 3.79. The van der Waals surface area contributed by atoms with Crippen molar-refractivity contribution in [2.75, 3.05) is 39.0 Å². The lowest BCUT2D eigenvalue weighted by molar-refractivity contribution is 0.0947. The molecule has 0 aliphatic heterocycles. The molecule has 0 fully saturated rings. The van der Waals surface area contributed by atoms with Gasteiger partial charge in [-0.2, -0.15) is 0 Å². The fourth-order valence-electron chi connectivity index (χ4n) is 2.46. The van der Waals surface area contributed by atoms with E-state index in [0.717, 1.165) is 13.0 Å². The molecule has 1 aromatic heterocycles. The Kier molecular flexibility index (Phi) is 7.47. The SMILES string of the molecule is Cc1cc(C(=O)NCCCN(C)C)nc(NCCc2ccccc2F)n1. The number of benzene rings is 1. The average Bonchev–Trinajstić information content (AvgIpc) is 2.59. The Morgan fingerprint density at radius 3 is 2.69 bits per heavy atom. The Morgan fingerprint density at radius 1 is 1.19 bits per heavy atom. The van der Waals surface area contributed by atoms with Crippen LogP contribution < -0.4 is 10.6 Å². The van der Waals surface area contributed by atoms with Crippen LogP contribution in [-0.2, 0) is 6.42 Å². The lowest BCUT2D eigenvalue weighted by Gasteiger charge is -2.11.